The molecule has 2 aromatic rings. The Morgan fingerprint density at radius 2 is 1.90 bits per heavy atom. The van der Waals surface area contributed by atoms with Crippen molar-refractivity contribution in [3.8, 4) is 5.75 Å². The van der Waals surface area contributed by atoms with Gasteiger partial charge in [-0.05, 0) is 47.9 Å². The molecule has 0 atom stereocenters. The number of ether oxygens (including phenoxy) is 1. The lowest BCUT2D eigenvalue weighted by atomic mass is 10.1. The van der Waals surface area contributed by atoms with E-state index in [9.17, 15) is 4.79 Å². The van der Waals surface area contributed by atoms with E-state index >= 15 is 0 Å². The third kappa shape index (κ3) is 4.50. The summed E-state index contributed by atoms with van der Waals surface area (Å²) in [5.74, 6) is 0.804. The molecular weight excluding hydrogens is 286 g/mol. The predicted molar refractivity (Wildman–Crippen MR) is 84.7 cm³/mol. The van der Waals surface area contributed by atoms with Gasteiger partial charge in [0.2, 0.25) is 5.91 Å². The summed E-state index contributed by atoms with van der Waals surface area (Å²) in [4.78, 5) is 12.0. The van der Waals surface area contributed by atoms with Gasteiger partial charge in [-0.2, -0.15) is 0 Å². The molecule has 1 N–H and O–H groups in total. The first-order chi connectivity index (χ1) is 10.1. The van der Waals surface area contributed by atoms with Crippen LogP contribution in [0.15, 0.2) is 42.5 Å². The predicted octanol–water partition coefficient (Wildman–Crippen LogP) is 3.52. The van der Waals surface area contributed by atoms with Gasteiger partial charge in [0.1, 0.15) is 5.75 Å². The van der Waals surface area contributed by atoms with Gasteiger partial charge in [-0.1, -0.05) is 29.8 Å². The van der Waals surface area contributed by atoms with E-state index in [0.29, 0.717) is 18.0 Å². The average molecular weight is 304 g/mol. The maximum atomic E-state index is 12.0. The molecule has 0 fully saturated rings. The average Bonchev–Trinajstić information content (AvgIpc) is 2.48. The second-order valence-electron chi connectivity index (χ2n) is 4.87. The highest BCUT2D eigenvalue weighted by Crippen LogP contribution is 2.16. The maximum absolute atomic E-state index is 12.0. The van der Waals surface area contributed by atoms with E-state index in [1.54, 1.807) is 13.2 Å². The zero-order valence-corrected chi connectivity index (χ0v) is 12.9. The Bertz CT molecular complexity index is 623. The Morgan fingerprint density at radius 1 is 1.19 bits per heavy atom. The van der Waals surface area contributed by atoms with Crippen molar-refractivity contribution in [3.63, 3.8) is 0 Å². The number of benzene rings is 2. The third-order valence-corrected chi connectivity index (χ3v) is 3.54. The van der Waals surface area contributed by atoms with Crippen LogP contribution in [-0.4, -0.2) is 13.0 Å². The van der Waals surface area contributed by atoms with Crippen molar-refractivity contribution < 1.29 is 9.53 Å². The molecule has 0 spiro atoms. The number of rotatable bonds is 5. The molecule has 110 valence electrons. The maximum Gasteiger partial charge on any atom is 0.224 e. The fourth-order valence-electron chi connectivity index (χ4n) is 2.04. The van der Waals surface area contributed by atoms with Gasteiger partial charge >= 0.3 is 0 Å². The van der Waals surface area contributed by atoms with E-state index < -0.39 is 0 Å². The molecule has 0 bridgehead atoms. The normalized spacial score (nSPS) is 10.2. The van der Waals surface area contributed by atoms with Crippen molar-refractivity contribution in [2.24, 2.45) is 0 Å². The highest BCUT2D eigenvalue weighted by atomic mass is 35.5. The second-order valence-corrected chi connectivity index (χ2v) is 5.31. The molecule has 0 aliphatic heterocycles. The lowest BCUT2D eigenvalue weighted by Crippen LogP contribution is -2.24. The molecule has 0 saturated carbocycles. The Kier molecular flexibility index (Phi) is 5.23. The summed E-state index contributed by atoms with van der Waals surface area (Å²) in [6.45, 7) is 2.47. The van der Waals surface area contributed by atoms with Crippen molar-refractivity contribution >= 4 is 17.5 Å². The van der Waals surface area contributed by atoms with Gasteiger partial charge in [-0.15, -0.1) is 0 Å². The zero-order chi connectivity index (χ0) is 15.2. The SMILES string of the molecule is COc1ccc(CNC(=O)Cc2ccc(Cl)cc2C)cc1. The fourth-order valence-corrected chi connectivity index (χ4v) is 2.26. The molecule has 0 heterocycles. The van der Waals surface area contributed by atoms with Gasteiger partial charge < -0.3 is 10.1 Å². The number of carbonyl (C=O) groups is 1. The first-order valence-electron chi connectivity index (χ1n) is 6.73. The topological polar surface area (TPSA) is 38.3 Å². The minimum absolute atomic E-state index is 0.00348. The molecule has 2 rings (SSSR count). The summed E-state index contributed by atoms with van der Waals surface area (Å²) in [5.41, 5.74) is 3.06. The quantitative estimate of drug-likeness (QED) is 0.918. The number of hydrogen-bond acceptors (Lipinski definition) is 2. The number of carbonyl (C=O) groups excluding carboxylic acids is 1. The number of hydrogen-bond donors (Lipinski definition) is 1. The van der Waals surface area contributed by atoms with Crippen molar-refractivity contribution in [2.45, 2.75) is 19.9 Å². The molecule has 0 aromatic heterocycles. The molecule has 0 aliphatic carbocycles. The van der Waals surface area contributed by atoms with Crippen LogP contribution < -0.4 is 10.1 Å². The summed E-state index contributed by atoms with van der Waals surface area (Å²) in [6.07, 6.45) is 0.360. The molecule has 21 heavy (non-hydrogen) atoms. The molecule has 0 unspecified atom stereocenters. The van der Waals surface area contributed by atoms with Crippen LogP contribution in [0.25, 0.3) is 0 Å². The minimum Gasteiger partial charge on any atom is -0.497 e. The molecule has 0 radical (unpaired) electrons. The molecule has 3 nitrogen and oxygen atoms in total. The van der Waals surface area contributed by atoms with Crippen LogP contribution in [0, 0.1) is 6.92 Å². The fraction of sp³-hybridized carbons (Fsp3) is 0.235. The Balaban J connectivity index is 1.89. The van der Waals surface area contributed by atoms with Crippen LogP contribution in [0.1, 0.15) is 16.7 Å². The Hall–Kier alpha value is -2.00. The number of halogens is 1. The lowest BCUT2D eigenvalue weighted by molar-refractivity contribution is -0.120. The summed E-state index contributed by atoms with van der Waals surface area (Å²) in [6, 6.07) is 13.2. The van der Waals surface area contributed by atoms with E-state index in [1.807, 2.05) is 43.3 Å². The molecular formula is C17H18ClNO2. The number of aryl methyl sites for hydroxylation is 1. The van der Waals surface area contributed by atoms with Gasteiger partial charge in [-0.25, -0.2) is 0 Å². The van der Waals surface area contributed by atoms with Gasteiger partial charge in [0.15, 0.2) is 0 Å². The summed E-state index contributed by atoms with van der Waals surface area (Å²) in [5, 5.41) is 3.60. The first kappa shape index (κ1) is 15.4. The Labute approximate surface area is 129 Å². The summed E-state index contributed by atoms with van der Waals surface area (Å²) < 4.78 is 5.10. The van der Waals surface area contributed by atoms with Crippen LogP contribution in [0.5, 0.6) is 5.75 Å². The van der Waals surface area contributed by atoms with E-state index in [4.69, 9.17) is 16.3 Å². The van der Waals surface area contributed by atoms with Crippen LogP contribution in [0.4, 0.5) is 0 Å². The first-order valence-corrected chi connectivity index (χ1v) is 7.11. The van der Waals surface area contributed by atoms with Crippen molar-refractivity contribution in [3.05, 3.63) is 64.2 Å². The van der Waals surface area contributed by atoms with E-state index in [1.165, 1.54) is 0 Å². The largest absolute Gasteiger partial charge is 0.497 e. The van der Waals surface area contributed by atoms with Gasteiger partial charge in [0.25, 0.3) is 0 Å². The highest BCUT2D eigenvalue weighted by molar-refractivity contribution is 6.30. The minimum atomic E-state index is -0.00348. The van der Waals surface area contributed by atoms with Crippen molar-refractivity contribution in [2.75, 3.05) is 7.11 Å². The van der Waals surface area contributed by atoms with Crippen molar-refractivity contribution in [1.82, 2.24) is 5.32 Å². The van der Waals surface area contributed by atoms with E-state index in [-0.39, 0.29) is 5.91 Å². The lowest BCUT2D eigenvalue weighted by Gasteiger charge is -2.08. The molecule has 1 amide bonds. The second kappa shape index (κ2) is 7.14. The van der Waals surface area contributed by atoms with Crippen LogP contribution in [0.3, 0.4) is 0 Å². The van der Waals surface area contributed by atoms with E-state index in [2.05, 4.69) is 5.32 Å². The summed E-state index contributed by atoms with van der Waals surface area (Å²) in [7, 11) is 1.63. The molecule has 4 heteroatoms. The Morgan fingerprint density at radius 3 is 2.52 bits per heavy atom. The molecule has 2 aromatic carbocycles. The number of amides is 1. The van der Waals surface area contributed by atoms with Crippen LogP contribution in [-0.2, 0) is 17.8 Å². The number of nitrogens with one attached hydrogen (secondary N) is 1. The monoisotopic (exact) mass is 303 g/mol. The van der Waals surface area contributed by atoms with Gasteiger partial charge in [0, 0.05) is 11.6 Å². The summed E-state index contributed by atoms with van der Waals surface area (Å²) >= 11 is 5.91. The van der Waals surface area contributed by atoms with Gasteiger partial charge in [0.05, 0.1) is 13.5 Å². The van der Waals surface area contributed by atoms with Crippen molar-refractivity contribution in [1.29, 1.82) is 0 Å². The zero-order valence-electron chi connectivity index (χ0n) is 12.2. The molecule has 0 aliphatic rings. The number of methoxy groups -OCH3 is 1. The smallest absolute Gasteiger partial charge is 0.224 e. The van der Waals surface area contributed by atoms with Gasteiger partial charge in [-0.3, -0.25) is 4.79 Å². The highest BCUT2D eigenvalue weighted by Gasteiger charge is 2.06. The molecule has 0 saturated heterocycles. The van der Waals surface area contributed by atoms with Crippen LogP contribution in [0.2, 0.25) is 5.02 Å². The van der Waals surface area contributed by atoms with Crippen LogP contribution >= 0.6 is 11.6 Å². The van der Waals surface area contributed by atoms with E-state index in [0.717, 1.165) is 22.4 Å². The standard InChI is InChI=1S/C17H18ClNO2/c1-12-9-15(18)6-5-14(12)10-17(20)19-11-13-3-7-16(21-2)8-4-13/h3-9H,10-11H2,1-2H3,(H,19,20). The third-order valence-electron chi connectivity index (χ3n) is 3.30.